The van der Waals surface area contributed by atoms with Gasteiger partial charge in [-0.05, 0) is 75.2 Å². The van der Waals surface area contributed by atoms with Crippen molar-refractivity contribution < 1.29 is 0 Å². The highest BCUT2D eigenvalue weighted by Crippen LogP contribution is 2.62. The summed E-state index contributed by atoms with van der Waals surface area (Å²) < 4.78 is 0. The van der Waals surface area contributed by atoms with Crippen LogP contribution in [0.1, 0.15) is 44.9 Å². The number of likely N-dealkylation sites (tertiary alicyclic amines) is 1. The van der Waals surface area contributed by atoms with Crippen LogP contribution >= 0.6 is 0 Å². The Hall–Kier alpha value is -0.0800. The molecule has 0 aromatic rings. The van der Waals surface area contributed by atoms with E-state index < -0.39 is 0 Å². The lowest BCUT2D eigenvalue weighted by Gasteiger charge is -2.63. The molecule has 1 heterocycles. The lowest BCUT2D eigenvalue weighted by Crippen LogP contribution is -2.64. The smallest absolute Gasteiger partial charge is 0.0267 e. The molecular weight excluding hydrogens is 208 g/mol. The van der Waals surface area contributed by atoms with Gasteiger partial charge in [0.15, 0.2) is 0 Å². The summed E-state index contributed by atoms with van der Waals surface area (Å²) in [6.07, 6.45) is 10.7. The molecule has 17 heavy (non-hydrogen) atoms. The maximum Gasteiger partial charge on any atom is 0.0267 e. The third kappa shape index (κ3) is 1.34. The Morgan fingerprint density at radius 1 is 1.00 bits per heavy atom. The van der Waals surface area contributed by atoms with Crippen molar-refractivity contribution in [2.45, 2.75) is 50.5 Å². The maximum atomic E-state index is 5.84. The van der Waals surface area contributed by atoms with Crippen molar-refractivity contribution in [2.75, 3.05) is 19.6 Å². The molecule has 0 atom stereocenters. The third-order valence-electron chi connectivity index (χ3n) is 6.55. The molecule has 4 aliphatic carbocycles. The van der Waals surface area contributed by atoms with Gasteiger partial charge in [-0.3, -0.25) is 4.90 Å². The molecule has 0 aromatic carbocycles. The van der Waals surface area contributed by atoms with Crippen LogP contribution in [0.3, 0.4) is 0 Å². The topological polar surface area (TPSA) is 29.3 Å². The minimum atomic E-state index is 0.618. The van der Waals surface area contributed by atoms with E-state index in [0.717, 1.165) is 36.8 Å². The van der Waals surface area contributed by atoms with Gasteiger partial charge < -0.3 is 5.73 Å². The minimum absolute atomic E-state index is 0.618. The number of nitrogens with zero attached hydrogens (tertiary/aromatic N) is 1. The fourth-order valence-electron chi connectivity index (χ4n) is 6.32. The molecule has 1 spiro atoms. The van der Waals surface area contributed by atoms with Crippen LogP contribution in [-0.4, -0.2) is 30.1 Å². The minimum Gasteiger partial charge on any atom is -0.329 e. The van der Waals surface area contributed by atoms with Gasteiger partial charge >= 0.3 is 0 Å². The van der Waals surface area contributed by atoms with E-state index in [1.807, 2.05) is 0 Å². The monoisotopic (exact) mass is 234 g/mol. The third-order valence-corrected chi connectivity index (χ3v) is 6.55. The molecule has 0 radical (unpaired) electrons. The highest BCUT2D eigenvalue weighted by molar-refractivity contribution is 5.13. The van der Waals surface area contributed by atoms with Gasteiger partial charge in [0.2, 0.25) is 0 Å². The lowest BCUT2D eigenvalue weighted by molar-refractivity contribution is -0.118. The zero-order valence-corrected chi connectivity index (χ0v) is 10.9. The molecule has 4 saturated carbocycles. The van der Waals surface area contributed by atoms with Crippen molar-refractivity contribution in [3.05, 3.63) is 0 Å². The van der Waals surface area contributed by atoms with E-state index in [1.54, 1.807) is 32.1 Å². The Morgan fingerprint density at radius 3 is 2.24 bits per heavy atom. The van der Waals surface area contributed by atoms with Gasteiger partial charge in [-0.2, -0.15) is 0 Å². The average molecular weight is 234 g/mol. The zero-order valence-electron chi connectivity index (χ0n) is 10.9. The van der Waals surface area contributed by atoms with Crippen LogP contribution in [0.25, 0.3) is 0 Å². The largest absolute Gasteiger partial charge is 0.329 e. The Labute approximate surface area is 105 Å². The second kappa shape index (κ2) is 3.71. The first-order valence-corrected chi connectivity index (χ1v) is 7.78. The maximum absolute atomic E-state index is 5.84. The van der Waals surface area contributed by atoms with E-state index in [4.69, 9.17) is 5.73 Å². The summed E-state index contributed by atoms with van der Waals surface area (Å²) in [5.74, 6) is 4.27. The Kier molecular flexibility index (Phi) is 2.36. The lowest BCUT2D eigenvalue weighted by atomic mass is 9.48. The SMILES string of the molecule is NCCN1CCCC12C1CC3CC(C1)CC2C3. The molecule has 2 nitrogen and oxygen atoms in total. The average Bonchev–Trinajstić information content (AvgIpc) is 2.70. The quantitative estimate of drug-likeness (QED) is 0.794. The van der Waals surface area contributed by atoms with E-state index in [2.05, 4.69) is 4.90 Å². The molecule has 1 aliphatic heterocycles. The first-order chi connectivity index (χ1) is 8.33. The van der Waals surface area contributed by atoms with Gasteiger partial charge in [0.25, 0.3) is 0 Å². The molecule has 4 bridgehead atoms. The predicted molar refractivity (Wildman–Crippen MR) is 69.6 cm³/mol. The van der Waals surface area contributed by atoms with Gasteiger partial charge in [0, 0.05) is 18.6 Å². The van der Waals surface area contributed by atoms with Crippen molar-refractivity contribution in [1.29, 1.82) is 0 Å². The van der Waals surface area contributed by atoms with Crippen LogP contribution in [0, 0.1) is 23.7 Å². The normalized spacial score (nSPS) is 52.8. The van der Waals surface area contributed by atoms with E-state index in [1.165, 1.54) is 19.4 Å². The van der Waals surface area contributed by atoms with Crippen LogP contribution < -0.4 is 5.73 Å². The van der Waals surface area contributed by atoms with Crippen molar-refractivity contribution in [3.8, 4) is 0 Å². The van der Waals surface area contributed by atoms with Crippen LogP contribution in [0.2, 0.25) is 0 Å². The van der Waals surface area contributed by atoms with E-state index in [0.29, 0.717) is 5.54 Å². The Bertz CT molecular complexity index is 284. The highest BCUT2D eigenvalue weighted by Gasteiger charge is 2.60. The number of rotatable bonds is 2. The molecule has 0 unspecified atom stereocenters. The summed E-state index contributed by atoms with van der Waals surface area (Å²) in [6.45, 7) is 3.34. The van der Waals surface area contributed by atoms with Crippen LogP contribution in [-0.2, 0) is 0 Å². The van der Waals surface area contributed by atoms with Crippen LogP contribution in [0.5, 0.6) is 0 Å². The second-order valence-corrected chi connectivity index (χ2v) is 7.17. The fraction of sp³-hybridized carbons (Fsp3) is 1.00. The molecule has 96 valence electrons. The molecule has 5 aliphatic rings. The van der Waals surface area contributed by atoms with E-state index >= 15 is 0 Å². The first-order valence-electron chi connectivity index (χ1n) is 7.78. The molecule has 0 amide bonds. The summed E-state index contributed by atoms with van der Waals surface area (Å²) in [5.41, 5.74) is 6.46. The van der Waals surface area contributed by atoms with Crippen LogP contribution in [0.4, 0.5) is 0 Å². The molecule has 0 aromatic heterocycles. The molecule has 5 rings (SSSR count). The Balaban J connectivity index is 1.68. The van der Waals surface area contributed by atoms with Gasteiger partial charge in [-0.1, -0.05) is 0 Å². The summed E-state index contributed by atoms with van der Waals surface area (Å²) in [6, 6.07) is 0. The fourth-order valence-corrected chi connectivity index (χ4v) is 6.32. The summed E-state index contributed by atoms with van der Waals surface area (Å²) in [5, 5.41) is 0. The van der Waals surface area contributed by atoms with Crippen molar-refractivity contribution in [3.63, 3.8) is 0 Å². The molecule has 2 heteroatoms. The molecule has 5 fully saturated rings. The summed E-state index contributed by atoms with van der Waals surface area (Å²) in [7, 11) is 0. The number of hydrogen-bond acceptors (Lipinski definition) is 2. The second-order valence-electron chi connectivity index (χ2n) is 7.17. The van der Waals surface area contributed by atoms with Gasteiger partial charge in [0.1, 0.15) is 0 Å². The number of hydrogen-bond donors (Lipinski definition) is 1. The predicted octanol–water partition coefficient (Wildman–Crippen LogP) is 2.24. The van der Waals surface area contributed by atoms with Gasteiger partial charge in [-0.15, -0.1) is 0 Å². The first kappa shape index (κ1) is 10.8. The summed E-state index contributed by atoms with van der Waals surface area (Å²) >= 11 is 0. The van der Waals surface area contributed by atoms with Crippen molar-refractivity contribution in [1.82, 2.24) is 4.90 Å². The zero-order chi connectivity index (χ0) is 11.5. The standard InChI is InChI=1S/C15H26N2/c16-3-5-17-4-1-2-15(17)13-7-11-6-12(9-13)10-14(15)8-11/h11-14H,1-10,16H2. The molecule has 1 saturated heterocycles. The number of nitrogens with two attached hydrogens (primary N) is 1. The Morgan fingerprint density at radius 2 is 1.65 bits per heavy atom. The molecule has 2 N–H and O–H groups in total. The van der Waals surface area contributed by atoms with E-state index in [9.17, 15) is 0 Å². The van der Waals surface area contributed by atoms with Crippen molar-refractivity contribution in [2.24, 2.45) is 29.4 Å². The van der Waals surface area contributed by atoms with E-state index in [-0.39, 0.29) is 0 Å². The van der Waals surface area contributed by atoms with Crippen LogP contribution in [0.15, 0.2) is 0 Å². The van der Waals surface area contributed by atoms with Gasteiger partial charge in [-0.25, -0.2) is 0 Å². The van der Waals surface area contributed by atoms with Gasteiger partial charge in [0.05, 0.1) is 0 Å². The summed E-state index contributed by atoms with van der Waals surface area (Å²) in [4.78, 5) is 2.82. The van der Waals surface area contributed by atoms with Crippen molar-refractivity contribution >= 4 is 0 Å². The highest BCUT2D eigenvalue weighted by atomic mass is 15.2. The molecular formula is C15H26N2.